The molecule has 0 aliphatic carbocycles. The molecule has 126 valence electrons. The van der Waals surface area contributed by atoms with E-state index in [2.05, 4.69) is 24.4 Å². The highest BCUT2D eigenvalue weighted by Gasteiger charge is 2.27. The van der Waals surface area contributed by atoms with Crippen molar-refractivity contribution in [2.45, 2.75) is 39.4 Å². The van der Waals surface area contributed by atoms with Gasteiger partial charge in [-0.2, -0.15) is 5.10 Å². The van der Waals surface area contributed by atoms with Gasteiger partial charge in [-0.25, -0.2) is 5.43 Å². The minimum Gasteiger partial charge on any atom is -0.507 e. The second kappa shape index (κ2) is 8.08. The van der Waals surface area contributed by atoms with Gasteiger partial charge in [0.1, 0.15) is 5.75 Å². The molecule has 0 saturated carbocycles. The number of hydrazone groups is 1. The number of hydrogen-bond donors (Lipinski definition) is 2. The maximum Gasteiger partial charge on any atom is 0.275 e. The number of carbonyl (C=O) groups is 1. The van der Waals surface area contributed by atoms with Crippen molar-refractivity contribution < 1.29 is 19.4 Å². The largest absolute Gasteiger partial charge is 0.507 e. The molecule has 0 aromatic heterocycles. The number of hydrogen-bond acceptors (Lipinski definition) is 5. The average molecular weight is 320 g/mol. The van der Waals surface area contributed by atoms with Gasteiger partial charge in [-0.1, -0.05) is 26.0 Å². The molecule has 1 fully saturated rings. The fourth-order valence-corrected chi connectivity index (χ4v) is 2.16. The van der Waals surface area contributed by atoms with Gasteiger partial charge in [0.25, 0.3) is 5.91 Å². The van der Waals surface area contributed by atoms with Crippen molar-refractivity contribution in [1.82, 2.24) is 5.43 Å². The SMILES string of the molecule is CC1(C)COC(CCC/C=N/NC(=O)c2ccccc2O)OC1. The zero-order valence-electron chi connectivity index (χ0n) is 13.6. The first-order valence-corrected chi connectivity index (χ1v) is 7.81. The highest BCUT2D eigenvalue weighted by Crippen LogP contribution is 2.24. The van der Waals surface area contributed by atoms with Gasteiger partial charge in [-0.05, 0) is 31.4 Å². The third-order valence-electron chi connectivity index (χ3n) is 3.50. The van der Waals surface area contributed by atoms with Crippen molar-refractivity contribution in [2.24, 2.45) is 10.5 Å². The lowest BCUT2D eigenvalue weighted by atomic mass is 9.95. The van der Waals surface area contributed by atoms with Gasteiger partial charge in [-0.3, -0.25) is 4.79 Å². The molecule has 0 spiro atoms. The molecule has 0 atom stereocenters. The second-order valence-corrected chi connectivity index (χ2v) is 6.42. The van der Waals surface area contributed by atoms with Gasteiger partial charge in [0.2, 0.25) is 0 Å². The van der Waals surface area contributed by atoms with Crippen molar-refractivity contribution in [3.8, 4) is 5.75 Å². The number of aromatic hydroxyl groups is 1. The van der Waals surface area contributed by atoms with Crippen molar-refractivity contribution in [3.63, 3.8) is 0 Å². The summed E-state index contributed by atoms with van der Waals surface area (Å²) in [4.78, 5) is 11.8. The Morgan fingerprint density at radius 2 is 2.09 bits per heavy atom. The predicted molar refractivity (Wildman–Crippen MR) is 87.4 cm³/mol. The van der Waals surface area contributed by atoms with Gasteiger partial charge in [0.05, 0.1) is 18.8 Å². The fourth-order valence-electron chi connectivity index (χ4n) is 2.16. The van der Waals surface area contributed by atoms with Crippen LogP contribution >= 0.6 is 0 Å². The van der Waals surface area contributed by atoms with Crippen molar-refractivity contribution >= 4 is 12.1 Å². The van der Waals surface area contributed by atoms with Crippen LogP contribution in [0, 0.1) is 5.41 Å². The molecule has 0 unspecified atom stereocenters. The number of para-hydroxylation sites is 1. The number of benzene rings is 1. The minimum atomic E-state index is -0.430. The van der Waals surface area contributed by atoms with E-state index in [9.17, 15) is 9.90 Å². The second-order valence-electron chi connectivity index (χ2n) is 6.42. The lowest BCUT2D eigenvalue weighted by molar-refractivity contribution is -0.223. The van der Waals surface area contributed by atoms with Gasteiger partial charge in [-0.15, -0.1) is 0 Å². The summed E-state index contributed by atoms with van der Waals surface area (Å²) in [5.74, 6) is -0.491. The van der Waals surface area contributed by atoms with Gasteiger partial charge in [0.15, 0.2) is 6.29 Å². The molecule has 0 bridgehead atoms. The Morgan fingerprint density at radius 3 is 2.78 bits per heavy atom. The van der Waals surface area contributed by atoms with Gasteiger partial charge < -0.3 is 14.6 Å². The van der Waals surface area contributed by atoms with Crippen LogP contribution in [-0.2, 0) is 9.47 Å². The Morgan fingerprint density at radius 1 is 1.39 bits per heavy atom. The van der Waals surface area contributed by atoms with E-state index in [-0.39, 0.29) is 23.0 Å². The highest BCUT2D eigenvalue weighted by atomic mass is 16.7. The van der Waals surface area contributed by atoms with Gasteiger partial charge in [0, 0.05) is 11.6 Å². The molecule has 1 amide bonds. The molecule has 0 radical (unpaired) electrons. The Labute approximate surface area is 136 Å². The van der Waals surface area contributed by atoms with Crippen LogP contribution in [-0.4, -0.2) is 36.7 Å². The molecule has 1 saturated heterocycles. The summed E-state index contributed by atoms with van der Waals surface area (Å²) < 4.78 is 11.3. The minimum absolute atomic E-state index is 0.0604. The van der Waals surface area contributed by atoms with Crippen LogP contribution < -0.4 is 5.43 Å². The lowest BCUT2D eigenvalue weighted by Crippen LogP contribution is -2.37. The third-order valence-corrected chi connectivity index (χ3v) is 3.50. The number of phenols is 1. The molecule has 23 heavy (non-hydrogen) atoms. The zero-order valence-corrected chi connectivity index (χ0v) is 13.6. The molecular formula is C17H24N2O4. The van der Waals surface area contributed by atoms with Crippen LogP contribution in [0.3, 0.4) is 0 Å². The lowest BCUT2D eigenvalue weighted by Gasteiger charge is -2.34. The molecule has 1 aliphatic heterocycles. The highest BCUT2D eigenvalue weighted by molar-refractivity contribution is 5.96. The maximum absolute atomic E-state index is 11.8. The number of unbranched alkanes of at least 4 members (excludes halogenated alkanes) is 1. The number of rotatable bonds is 6. The van der Waals surface area contributed by atoms with Crippen molar-refractivity contribution in [3.05, 3.63) is 29.8 Å². The first-order chi connectivity index (χ1) is 11.0. The number of amides is 1. The Bertz CT molecular complexity index is 547. The number of nitrogens with zero attached hydrogens (tertiary/aromatic N) is 1. The summed E-state index contributed by atoms with van der Waals surface area (Å²) in [6, 6.07) is 6.35. The molecule has 1 aliphatic rings. The first kappa shape index (κ1) is 17.4. The molecule has 1 aromatic carbocycles. The van der Waals surface area contributed by atoms with Gasteiger partial charge >= 0.3 is 0 Å². The molecule has 2 N–H and O–H groups in total. The fraction of sp³-hybridized carbons (Fsp3) is 0.529. The predicted octanol–water partition coefficient (Wildman–Crippen LogP) is 2.68. The first-order valence-electron chi connectivity index (χ1n) is 7.81. The molecular weight excluding hydrogens is 296 g/mol. The molecule has 6 heteroatoms. The maximum atomic E-state index is 11.8. The topological polar surface area (TPSA) is 80.2 Å². The van der Waals surface area contributed by atoms with E-state index in [1.807, 2.05) is 0 Å². The Kier molecular flexibility index (Phi) is 6.12. The third kappa shape index (κ3) is 5.65. The summed E-state index contributed by atoms with van der Waals surface area (Å²) >= 11 is 0. The number of ether oxygens (including phenoxy) is 2. The summed E-state index contributed by atoms with van der Waals surface area (Å²) in [5, 5.41) is 13.4. The summed E-state index contributed by atoms with van der Waals surface area (Å²) in [5.41, 5.74) is 2.69. The average Bonchev–Trinajstić information content (AvgIpc) is 2.52. The van der Waals surface area contributed by atoms with E-state index in [1.165, 1.54) is 6.07 Å². The van der Waals surface area contributed by atoms with Crippen LogP contribution in [0.25, 0.3) is 0 Å². The molecule has 2 rings (SSSR count). The van der Waals surface area contributed by atoms with Crippen LogP contribution in [0.15, 0.2) is 29.4 Å². The number of carbonyl (C=O) groups excluding carboxylic acids is 1. The van der Waals surface area contributed by atoms with E-state index in [0.717, 1.165) is 12.8 Å². The summed E-state index contributed by atoms with van der Waals surface area (Å²) in [7, 11) is 0. The van der Waals surface area contributed by atoms with E-state index < -0.39 is 5.91 Å². The monoisotopic (exact) mass is 320 g/mol. The van der Waals surface area contributed by atoms with E-state index >= 15 is 0 Å². The van der Waals surface area contributed by atoms with Crippen LogP contribution in [0.4, 0.5) is 0 Å². The molecule has 6 nitrogen and oxygen atoms in total. The number of phenolic OH excluding ortho intramolecular Hbond substituents is 1. The van der Waals surface area contributed by atoms with Crippen LogP contribution in [0.5, 0.6) is 5.75 Å². The van der Waals surface area contributed by atoms with Crippen LogP contribution in [0.1, 0.15) is 43.5 Å². The summed E-state index contributed by atoms with van der Waals surface area (Å²) in [6.45, 7) is 5.65. The normalized spacial score (nSPS) is 18.2. The standard InChI is InChI=1S/C17H24N2O4/c1-17(2)11-22-15(23-12-17)9-5-6-10-18-19-16(21)13-7-3-4-8-14(13)20/h3-4,7-8,10,15,20H,5-6,9,11-12H2,1-2H3,(H,19,21)/b18-10+. The van der Waals surface area contributed by atoms with E-state index in [0.29, 0.717) is 19.6 Å². The Hall–Kier alpha value is -1.92. The Balaban J connectivity index is 1.62. The van der Waals surface area contributed by atoms with Crippen molar-refractivity contribution in [1.29, 1.82) is 0 Å². The number of nitrogens with one attached hydrogen (secondary N) is 1. The zero-order chi connectivity index (χ0) is 16.7. The van der Waals surface area contributed by atoms with Crippen molar-refractivity contribution in [2.75, 3.05) is 13.2 Å². The molecule has 1 aromatic rings. The molecule has 1 heterocycles. The van der Waals surface area contributed by atoms with Crippen LogP contribution in [0.2, 0.25) is 0 Å². The quantitative estimate of drug-likeness (QED) is 0.480. The summed E-state index contributed by atoms with van der Waals surface area (Å²) in [6.07, 6.45) is 3.88. The van der Waals surface area contributed by atoms with E-state index in [4.69, 9.17) is 9.47 Å². The smallest absolute Gasteiger partial charge is 0.275 e. The van der Waals surface area contributed by atoms with E-state index in [1.54, 1.807) is 24.4 Å².